The van der Waals surface area contributed by atoms with E-state index >= 15 is 0 Å². The van der Waals surface area contributed by atoms with Gasteiger partial charge in [-0.2, -0.15) is 0 Å². The molecule has 4 rings (SSSR count). The number of anilines is 1. The van der Waals surface area contributed by atoms with E-state index in [1.54, 1.807) is 7.11 Å². The number of carbonyl (C=O) groups is 1. The SMILES string of the molecule is COc1ccccc1NC1=C(c2ccccc2)C(=O)c2ccccc21. The lowest BCUT2D eigenvalue weighted by Crippen LogP contribution is -2.02. The smallest absolute Gasteiger partial charge is 0.196 e. The summed E-state index contributed by atoms with van der Waals surface area (Å²) in [5.74, 6) is 0.776. The van der Waals surface area contributed by atoms with Crippen LogP contribution >= 0.6 is 0 Å². The first-order chi connectivity index (χ1) is 12.3. The van der Waals surface area contributed by atoms with Gasteiger partial charge in [0.1, 0.15) is 5.75 Å². The molecule has 3 heteroatoms. The van der Waals surface area contributed by atoms with Crippen LogP contribution in [-0.4, -0.2) is 12.9 Å². The first kappa shape index (κ1) is 15.2. The van der Waals surface area contributed by atoms with E-state index in [4.69, 9.17) is 4.74 Å². The number of allylic oxidation sites excluding steroid dienone is 1. The molecule has 0 atom stereocenters. The predicted octanol–water partition coefficient (Wildman–Crippen LogP) is 4.87. The lowest BCUT2D eigenvalue weighted by Gasteiger charge is -2.14. The van der Waals surface area contributed by atoms with Gasteiger partial charge in [-0.15, -0.1) is 0 Å². The molecule has 0 aromatic heterocycles. The first-order valence-corrected chi connectivity index (χ1v) is 8.13. The molecule has 0 saturated carbocycles. The molecular formula is C22H17NO2. The monoisotopic (exact) mass is 327 g/mol. The third-order valence-corrected chi connectivity index (χ3v) is 4.35. The van der Waals surface area contributed by atoms with Gasteiger partial charge in [-0.05, 0) is 17.7 Å². The normalized spacial score (nSPS) is 12.9. The van der Waals surface area contributed by atoms with E-state index in [1.165, 1.54) is 0 Å². The molecular weight excluding hydrogens is 310 g/mol. The predicted molar refractivity (Wildman–Crippen MR) is 101 cm³/mol. The van der Waals surface area contributed by atoms with Crippen LogP contribution in [-0.2, 0) is 0 Å². The Labute approximate surface area is 146 Å². The molecule has 1 N–H and O–H groups in total. The van der Waals surface area contributed by atoms with E-state index in [2.05, 4.69) is 5.32 Å². The van der Waals surface area contributed by atoms with Crippen molar-refractivity contribution in [1.82, 2.24) is 0 Å². The molecule has 122 valence electrons. The third-order valence-electron chi connectivity index (χ3n) is 4.35. The van der Waals surface area contributed by atoms with E-state index in [1.807, 2.05) is 78.9 Å². The highest BCUT2D eigenvalue weighted by atomic mass is 16.5. The van der Waals surface area contributed by atoms with Gasteiger partial charge in [0.05, 0.1) is 24.1 Å². The van der Waals surface area contributed by atoms with Crippen LogP contribution in [0.3, 0.4) is 0 Å². The molecule has 0 fully saturated rings. The van der Waals surface area contributed by atoms with E-state index < -0.39 is 0 Å². The van der Waals surface area contributed by atoms with Crippen LogP contribution in [0.2, 0.25) is 0 Å². The highest BCUT2D eigenvalue weighted by Crippen LogP contribution is 2.40. The maximum Gasteiger partial charge on any atom is 0.196 e. The van der Waals surface area contributed by atoms with Crippen LogP contribution < -0.4 is 10.1 Å². The van der Waals surface area contributed by atoms with Crippen LogP contribution in [0.25, 0.3) is 11.3 Å². The van der Waals surface area contributed by atoms with Gasteiger partial charge in [0.2, 0.25) is 0 Å². The number of para-hydroxylation sites is 2. The zero-order chi connectivity index (χ0) is 17.2. The number of ether oxygens (including phenoxy) is 1. The topological polar surface area (TPSA) is 38.3 Å². The standard InChI is InChI=1S/C22H17NO2/c1-25-19-14-8-7-13-18(19)23-21-16-11-5-6-12-17(16)22(24)20(21)15-9-3-2-4-10-15/h2-14,23H,1H3. The summed E-state index contributed by atoms with van der Waals surface area (Å²) in [7, 11) is 1.64. The Morgan fingerprint density at radius 2 is 1.40 bits per heavy atom. The fourth-order valence-corrected chi connectivity index (χ4v) is 3.17. The Hall–Kier alpha value is -3.33. The molecule has 0 heterocycles. The fraction of sp³-hybridized carbons (Fsp3) is 0.0455. The van der Waals surface area contributed by atoms with Gasteiger partial charge in [0.15, 0.2) is 5.78 Å². The first-order valence-electron chi connectivity index (χ1n) is 8.13. The van der Waals surface area contributed by atoms with E-state index in [0.717, 1.165) is 33.8 Å². The Bertz CT molecular complexity index is 974. The Kier molecular flexibility index (Phi) is 3.82. The summed E-state index contributed by atoms with van der Waals surface area (Å²) in [6.45, 7) is 0. The molecule has 0 saturated heterocycles. The van der Waals surface area contributed by atoms with Gasteiger partial charge in [0.25, 0.3) is 0 Å². The van der Waals surface area contributed by atoms with Gasteiger partial charge in [-0.25, -0.2) is 0 Å². The number of methoxy groups -OCH3 is 1. The number of nitrogens with one attached hydrogen (secondary N) is 1. The van der Waals surface area contributed by atoms with Crippen molar-refractivity contribution in [3.63, 3.8) is 0 Å². The summed E-state index contributed by atoms with van der Waals surface area (Å²) in [5.41, 5.74) is 4.87. The molecule has 25 heavy (non-hydrogen) atoms. The Morgan fingerprint density at radius 3 is 2.16 bits per heavy atom. The number of ketones is 1. The summed E-state index contributed by atoms with van der Waals surface area (Å²) < 4.78 is 5.44. The quantitative estimate of drug-likeness (QED) is 0.743. The molecule has 3 aromatic carbocycles. The maximum absolute atomic E-state index is 13.0. The minimum atomic E-state index is 0.0409. The number of fused-ring (bicyclic) bond motifs is 1. The number of Topliss-reactive ketones (excluding diaryl/α,β-unsaturated/α-hetero) is 1. The molecule has 0 radical (unpaired) electrons. The second-order valence-corrected chi connectivity index (χ2v) is 5.82. The second-order valence-electron chi connectivity index (χ2n) is 5.82. The van der Waals surface area contributed by atoms with Gasteiger partial charge < -0.3 is 10.1 Å². The van der Waals surface area contributed by atoms with Crippen molar-refractivity contribution in [1.29, 1.82) is 0 Å². The largest absolute Gasteiger partial charge is 0.495 e. The van der Waals surface area contributed by atoms with Crippen LogP contribution in [0.1, 0.15) is 21.5 Å². The molecule has 1 aliphatic carbocycles. The number of carbonyl (C=O) groups excluding carboxylic acids is 1. The summed E-state index contributed by atoms with van der Waals surface area (Å²) >= 11 is 0. The Balaban J connectivity index is 1.90. The zero-order valence-corrected chi connectivity index (χ0v) is 13.8. The average Bonchev–Trinajstić information content (AvgIpc) is 2.95. The molecule has 0 amide bonds. The second kappa shape index (κ2) is 6.29. The average molecular weight is 327 g/mol. The molecule has 0 aliphatic heterocycles. The molecule has 3 aromatic rings. The number of benzene rings is 3. The van der Waals surface area contributed by atoms with Crippen LogP contribution in [0.15, 0.2) is 78.9 Å². The van der Waals surface area contributed by atoms with Crippen molar-refractivity contribution in [2.75, 3.05) is 12.4 Å². The van der Waals surface area contributed by atoms with Gasteiger partial charge in [-0.3, -0.25) is 4.79 Å². The Morgan fingerprint density at radius 1 is 0.760 bits per heavy atom. The van der Waals surface area contributed by atoms with E-state index in [9.17, 15) is 4.79 Å². The van der Waals surface area contributed by atoms with Gasteiger partial charge >= 0.3 is 0 Å². The lowest BCUT2D eigenvalue weighted by atomic mass is 10.0. The van der Waals surface area contributed by atoms with Crippen molar-refractivity contribution in [2.24, 2.45) is 0 Å². The van der Waals surface area contributed by atoms with Gasteiger partial charge in [-0.1, -0.05) is 66.7 Å². The summed E-state index contributed by atoms with van der Waals surface area (Å²) in [4.78, 5) is 13.0. The fourth-order valence-electron chi connectivity index (χ4n) is 3.17. The molecule has 0 spiro atoms. The summed E-state index contributed by atoms with van der Waals surface area (Å²) in [6, 6.07) is 25.1. The van der Waals surface area contributed by atoms with Gasteiger partial charge in [0, 0.05) is 11.1 Å². The zero-order valence-electron chi connectivity index (χ0n) is 13.8. The molecule has 3 nitrogen and oxygen atoms in total. The van der Waals surface area contributed by atoms with Crippen molar-refractivity contribution in [3.05, 3.63) is 95.6 Å². The van der Waals surface area contributed by atoms with Crippen LogP contribution in [0, 0.1) is 0 Å². The van der Waals surface area contributed by atoms with Crippen molar-refractivity contribution in [3.8, 4) is 5.75 Å². The number of rotatable bonds is 4. The number of hydrogen-bond acceptors (Lipinski definition) is 3. The van der Waals surface area contributed by atoms with Crippen molar-refractivity contribution in [2.45, 2.75) is 0 Å². The highest BCUT2D eigenvalue weighted by Gasteiger charge is 2.30. The highest BCUT2D eigenvalue weighted by molar-refractivity contribution is 6.40. The maximum atomic E-state index is 13.0. The van der Waals surface area contributed by atoms with E-state index in [0.29, 0.717) is 5.57 Å². The lowest BCUT2D eigenvalue weighted by molar-refractivity contribution is 0.105. The van der Waals surface area contributed by atoms with Crippen LogP contribution in [0.4, 0.5) is 5.69 Å². The van der Waals surface area contributed by atoms with E-state index in [-0.39, 0.29) is 5.78 Å². The summed E-state index contributed by atoms with van der Waals surface area (Å²) in [5, 5.41) is 3.43. The third kappa shape index (κ3) is 2.60. The molecule has 0 unspecified atom stereocenters. The molecule has 0 bridgehead atoms. The minimum Gasteiger partial charge on any atom is -0.495 e. The summed E-state index contributed by atoms with van der Waals surface area (Å²) in [6.07, 6.45) is 0. The van der Waals surface area contributed by atoms with Crippen molar-refractivity contribution >= 4 is 22.7 Å². The van der Waals surface area contributed by atoms with Crippen molar-refractivity contribution < 1.29 is 9.53 Å². The molecule has 1 aliphatic rings. The minimum absolute atomic E-state index is 0.0409. The number of hydrogen-bond donors (Lipinski definition) is 1. The van der Waals surface area contributed by atoms with Crippen LogP contribution in [0.5, 0.6) is 5.75 Å².